The average molecular weight is 407 g/mol. The zero-order valence-corrected chi connectivity index (χ0v) is 17.5. The first kappa shape index (κ1) is 21.8. The molecule has 0 amide bonds. The number of benzene rings is 1. The minimum atomic E-state index is -1.28. The molecule has 3 rings (SSSR count). The smallest absolute Gasteiger partial charge is 0.427 e. The third-order valence-electron chi connectivity index (χ3n) is 6.81. The van der Waals surface area contributed by atoms with Crippen LogP contribution in [0.15, 0.2) is 18.2 Å². The minimum absolute atomic E-state index is 0.0522. The number of rotatable bonds is 8. The van der Waals surface area contributed by atoms with Crippen LogP contribution in [0.1, 0.15) is 62.6 Å². The number of fused-ring (bicyclic) bond motifs is 1. The number of nitrogens with zero attached hydrogens (tertiary/aromatic N) is 1. The van der Waals surface area contributed by atoms with Crippen LogP contribution in [0.25, 0.3) is 0 Å². The van der Waals surface area contributed by atoms with E-state index in [1.165, 1.54) is 11.1 Å². The van der Waals surface area contributed by atoms with E-state index in [4.69, 9.17) is 27.4 Å². The summed E-state index contributed by atoms with van der Waals surface area (Å²) in [6.45, 7) is 3.52. The predicted octanol–water partition coefficient (Wildman–Crippen LogP) is 2.97. The molecule has 0 spiro atoms. The lowest BCUT2D eigenvalue weighted by Gasteiger charge is -2.43. The second kappa shape index (κ2) is 9.27. The standard InChI is InChI=1S/C21H32BClN2O3/c1-15(26)21(24,10-2-3-11-22(27)28)17-8-12-25(13-9-17)20-7-4-16-14-18(23)5-6-19(16)20/h5-6,14,17,20,27-28H,2-4,7-13,24H2,1H3/t20?,21-/m1/s1. The first-order chi connectivity index (χ1) is 13.3. The molecule has 2 aliphatic rings. The van der Waals surface area contributed by atoms with Gasteiger partial charge in [0.1, 0.15) is 5.78 Å². The molecule has 1 unspecified atom stereocenters. The molecule has 1 saturated heterocycles. The fraction of sp³-hybridized carbons (Fsp3) is 0.667. The maximum Gasteiger partial charge on any atom is 0.451 e. The minimum Gasteiger partial charge on any atom is -0.427 e. The van der Waals surface area contributed by atoms with Crippen LogP contribution in [-0.4, -0.2) is 46.5 Å². The van der Waals surface area contributed by atoms with Crippen molar-refractivity contribution in [3.05, 3.63) is 34.3 Å². The molecule has 1 aliphatic carbocycles. The summed E-state index contributed by atoms with van der Waals surface area (Å²) in [6, 6.07) is 6.69. The van der Waals surface area contributed by atoms with E-state index in [0.29, 0.717) is 25.2 Å². The van der Waals surface area contributed by atoms with Crippen molar-refractivity contribution in [3.8, 4) is 0 Å². The topological polar surface area (TPSA) is 86.8 Å². The Bertz CT molecular complexity index is 694. The van der Waals surface area contributed by atoms with Crippen molar-refractivity contribution in [1.29, 1.82) is 0 Å². The first-order valence-corrected chi connectivity index (χ1v) is 10.9. The van der Waals surface area contributed by atoms with Crippen molar-refractivity contribution in [1.82, 2.24) is 4.90 Å². The van der Waals surface area contributed by atoms with Gasteiger partial charge in [0.2, 0.25) is 0 Å². The second-order valence-corrected chi connectivity index (χ2v) is 8.97. The maximum absolute atomic E-state index is 12.4. The van der Waals surface area contributed by atoms with E-state index in [9.17, 15) is 4.79 Å². The molecule has 0 radical (unpaired) electrons. The molecule has 4 N–H and O–H groups in total. The van der Waals surface area contributed by atoms with Crippen molar-refractivity contribution >= 4 is 24.5 Å². The second-order valence-electron chi connectivity index (χ2n) is 8.53. The number of nitrogens with two attached hydrogens (primary N) is 1. The number of hydrogen-bond acceptors (Lipinski definition) is 5. The molecule has 0 saturated carbocycles. The number of aryl methyl sites for hydroxylation is 1. The van der Waals surface area contributed by atoms with Gasteiger partial charge in [0, 0.05) is 11.1 Å². The number of hydrogen-bond donors (Lipinski definition) is 3. The van der Waals surface area contributed by atoms with Crippen LogP contribution >= 0.6 is 11.6 Å². The molecule has 5 nitrogen and oxygen atoms in total. The van der Waals surface area contributed by atoms with Gasteiger partial charge in [-0.25, -0.2) is 0 Å². The Morgan fingerprint density at radius 3 is 2.64 bits per heavy atom. The van der Waals surface area contributed by atoms with E-state index in [0.717, 1.165) is 50.2 Å². The molecule has 1 aliphatic heterocycles. The molecule has 7 heteroatoms. The Labute approximate surface area is 173 Å². The van der Waals surface area contributed by atoms with Gasteiger partial charge in [-0.2, -0.15) is 0 Å². The van der Waals surface area contributed by atoms with Crippen molar-refractivity contribution in [2.75, 3.05) is 13.1 Å². The summed E-state index contributed by atoms with van der Waals surface area (Å²) < 4.78 is 0. The van der Waals surface area contributed by atoms with Crippen LogP contribution in [0.3, 0.4) is 0 Å². The molecular weight excluding hydrogens is 375 g/mol. The van der Waals surface area contributed by atoms with Gasteiger partial charge in [0.05, 0.1) is 5.54 Å². The molecule has 0 aromatic heterocycles. The average Bonchev–Trinajstić information content (AvgIpc) is 3.07. The van der Waals surface area contributed by atoms with Gasteiger partial charge in [0.25, 0.3) is 0 Å². The molecule has 1 aromatic carbocycles. The molecular formula is C21H32BClN2O3. The summed E-state index contributed by atoms with van der Waals surface area (Å²) in [5.41, 5.74) is 8.58. The number of Topliss-reactive ketones (excluding diaryl/α,β-unsaturated/α-hetero) is 1. The fourth-order valence-corrected chi connectivity index (χ4v) is 5.28. The Balaban J connectivity index is 1.58. The molecule has 28 heavy (non-hydrogen) atoms. The summed E-state index contributed by atoms with van der Waals surface area (Å²) in [4.78, 5) is 14.9. The van der Waals surface area contributed by atoms with Gasteiger partial charge in [-0.05, 0) is 87.6 Å². The normalized spacial score (nSPS) is 22.7. The van der Waals surface area contributed by atoms with Gasteiger partial charge >= 0.3 is 7.12 Å². The van der Waals surface area contributed by atoms with E-state index >= 15 is 0 Å². The largest absolute Gasteiger partial charge is 0.451 e. The van der Waals surface area contributed by atoms with Crippen molar-refractivity contribution in [3.63, 3.8) is 0 Å². The van der Waals surface area contributed by atoms with E-state index in [1.54, 1.807) is 6.92 Å². The molecule has 1 aromatic rings. The lowest BCUT2D eigenvalue weighted by molar-refractivity contribution is -0.125. The highest BCUT2D eigenvalue weighted by Crippen LogP contribution is 2.40. The number of piperidine rings is 1. The SMILES string of the molecule is CC(=O)[C@](N)(CCCCB(O)O)C1CCN(C2CCc3cc(Cl)ccc32)CC1. The summed E-state index contributed by atoms with van der Waals surface area (Å²) in [5, 5.41) is 18.8. The highest BCUT2D eigenvalue weighted by atomic mass is 35.5. The van der Waals surface area contributed by atoms with Gasteiger partial charge in [-0.3, -0.25) is 9.69 Å². The van der Waals surface area contributed by atoms with Gasteiger partial charge in [0.15, 0.2) is 0 Å². The number of unbranched alkanes of at least 4 members (excludes halogenated alkanes) is 1. The zero-order valence-electron chi connectivity index (χ0n) is 16.7. The first-order valence-electron chi connectivity index (χ1n) is 10.5. The van der Waals surface area contributed by atoms with Gasteiger partial charge < -0.3 is 15.8 Å². The summed E-state index contributed by atoms with van der Waals surface area (Å²) in [5.74, 6) is 0.239. The number of carbonyl (C=O) groups excluding carboxylic acids is 1. The number of ketones is 1. The van der Waals surface area contributed by atoms with Crippen LogP contribution in [0, 0.1) is 5.92 Å². The number of carbonyl (C=O) groups is 1. The van der Waals surface area contributed by atoms with E-state index < -0.39 is 12.7 Å². The van der Waals surface area contributed by atoms with E-state index in [2.05, 4.69) is 17.0 Å². The van der Waals surface area contributed by atoms with Gasteiger partial charge in [-0.15, -0.1) is 0 Å². The monoisotopic (exact) mass is 406 g/mol. The lowest BCUT2D eigenvalue weighted by Crippen LogP contribution is -2.56. The highest BCUT2D eigenvalue weighted by Gasteiger charge is 2.41. The van der Waals surface area contributed by atoms with E-state index in [-0.39, 0.29) is 11.7 Å². The highest BCUT2D eigenvalue weighted by molar-refractivity contribution is 6.40. The quantitative estimate of drug-likeness (QED) is 0.456. The van der Waals surface area contributed by atoms with Crippen molar-refractivity contribution < 1.29 is 14.8 Å². The van der Waals surface area contributed by atoms with Crippen LogP contribution < -0.4 is 5.73 Å². The number of halogens is 1. The molecule has 1 heterocycles. The molecule has 0 bridgehead atoms. The van der Waals surface area contributed by atoms with Crippen molar-refractivity contribution in [2.45, 2.75) is 69.8 Å². The molecule has 2 atom stereocenters. The fourth-order valence-electron chi connectivity index (χ4n) is 5.08. The summed E-state index contributed by atoms with van der Waals surface area (Å²) >= 11 is 6.14. The van der Waals surface area contributed by atoms with E-state index in [1.807, 2.05) is 6.07 Å². The number of likely N-dealkylation sites (tertiary alicyclic amines) is 1. The Kier molecular flexibility index (Phi) is 7.21. The maximum atomic E-state index is 12.4. The summed E-state index contributed by atoms with van der Waals surface area (Å²) in [6.07, 6.45) is 6.42. The Morgan fingerprint density at radius 2 is 2.00 bits per heavy atom. The van der Waals surface area contributed by atoms with Crippen LogP contribution in [0.2, 0.25) is 11.3 Å². The Hall–Kier alpha value is -0.915. The summed E-state index contributed by atoms with van der Waals surface area (Å²) in [7, 11) is -1.28. The predicted molar refractivity (Wildman–Crippen MR) is 113 cm³/mol. The van der Waals surface area contributed by atoms with Crippen LogP contribution in [-0.2, 0) is 11.2 Å². The molecule has 154 valence electrons. The Morgan fingerprint density at radius 1 is 1.29 bits per heavy atom. The third-order valence-corrected chi connectivity index (χ3v) is 7.04. The molecule has 1 fully saturated rings. The lowest BCUT2D eigenvalue weighted by atomic mass is 9.72. The zero-order chi connectivity index (χ0) is 20.3. The van der Waals surface area contributed by atoms with Crippen molar-refractivity contribution in [2.24, 2.45) is 11.7 Å². The van der Waals surface area contributed by atoms with Crippen LogP contribution in [0.4, 0.5) is 0 Å². The third kappa shape index (κ3) is 4.80. The van der Waals surface area contributed by atoms with Gasteiger partial charge in [-0.1, -0.05) is 30.5 Å². The van der Waals surface area contributed by atoms with Crippen LogP contribution in [0.5, 0.6) is 0 Å².